The minimum atomic E-state index is -0.759. The van der Waals surface area contributed by atoms with E-state index < -0.39 is 28.2 Å². The summed E-state index contributed by atoms with van der Waals surface area (Å²) in [6.45, 7) is 1.99. The van der Waals surface area contributed by atoms with Crippen LogP contribution in [0.5, 0.6) is 0 Å². The van der Waals surface area contributed by atoms with Crippen LogP contribution >= 0.6 is 39.1 Å². The van der Waals surface area contributed by atoms with E-state index in [1.54, 1.807) is 31.2 Å². The van der Waals surface area contributed by atoms with Gasteiger partial charge in [0.25, 0.3) is 5.91 Å². The van der Waals surface area contributed by atoms with Crippen molar-refractivity contribution in [2.24, 2.45) is 10.4 Å². The van der Waals surface area contributed by atoms with Gasteiger partial charge in [-0.15, -0.1) is 0 Å². The third-order valence-corrected chi connectivity index (χ3v) is 7.89. The Kier molecular flexibility index (Phi) is 7.93. The van der Waals surface area contributed by atoms with Gasteiger partial charge in [-0.2, -0.15) is 0 Å². The van der Waals surface area contributed by atoms with Crippen molar-refractivity contribution >= 4 is 68.2 Å². The lowest BCUT2D eigenvalue weighted by molar-refractivity contribution is -0.144. The quantitative estimate of drug-likeness (QED) is 0.346. The first-order chi connectivity index (χ1) is 16.8. The third kappa shape index (κ3) is 5.15. The lowest BCUT2D eigenvalue weighted by atomic mass is 9.64. The number of anilines is 1. The topological polar surface area (TPSA) is 97.7 Å². The number of carbonyl (C=O) groups is 3. The van der Waals surface area contributed by atoms with Gasteiger partial charge >= 0.3 is 5.97 Å². The van der Waals surface area contributed by atoms with Gasteiger partial charge in [-0.05, 0) is 37.5 Å². The van der Waals surface area contributed by atoms with Crippen molar-refractivity contribution in [1.82, 2.24) is 4.98 Å². The molecule has 0 radical (unpaired) electrons. The number of Topliss-reactive ketones (excluding diaryl/α,β-unsaturated/α-hetero) is 1. The Morgan fingerprint density at radius 1 is 1.20 bits per heavy atom. The van der Waals surface area contributed by atoms with Crippen LogP contribution in [0.1, 0.15) is 48.5 Å². The molecule has 0 saturated heterocycles. The molecule has 4 rings (SSSR count). The average molecular weight is 581 g/mol. The van der Waals surface area contributed by atoms with Gasteiger partial charge in [-0.1, -0.05) is 64.1 Å². The molecule has 10 heteroatoms. The number of ether oxygens (including phenoxy) is 1. The van der Waals surface area contributed by atoms with Crippen LogP contribution in [0.3, 0.4) is 0 Å². The number of rotatable bonds is 7. The fourth-order valence-corrected chi connectivity index (χ4v) is 6.22. The summed E-state index contributed by atoms with van der Waals surface area (Å²) in [5.74, 6) is -0.719. The Hall–Kier alpha value is -2.29. The summed E-state index contributed by atoms with van der Waals surface area (Å²) in [6, 6.07) is 6.31. The lowest BCUT2D eigenvalue weighted by Gasteiger charge is -2.43. The van der Waals surface area contributed by atoms with Crippen LogP contribution in [-0.2, 0) is 20.7 Å². The summed E-state index contributed by atoms with van der Waals surface area (Å²) in [7, 11) is 0. The highest BCUT2D eigenvalue weighted by atomic mass is 79.9. The Morgan fingerprint density at radius 2 is 1.83 bits per heavy atom. The molecular formula is C25H24BrCl2N3O4. The normalized spacial score (nSPS) is 20.5. The number of aromatic nitrogens is 1. The number of esters is 1. The second kappa shape index (κ2) is 10.8. The number of ketones is 1. The molecule has 1 aromatic carbocycles. The van der Waals surface area contributed by atoms with Gasteiger partial charge in [0.15, 0.2) is 11.8 Å². The second-order valence-corrected chi connectivity index (χ2v) is 10.4. The van der Waals surface area contributed by atoms with Crippen LogP contribution in [-0.4, -0.2) is 45.8 Å². The number of alkyl halides is 1. The summed E-state index contributed by atoms with van der Waals surface area (Å²) in [5.41, 5.74) is 1.75. The van der Waals surface area contributed by atoms with Crippen LogP contribution in [0, 0.1) is 5.41 Å². The van der Waals surface area contributed by atoms with Crippen LogP contribution < -0.4 is 5.32 Å². The van der Waals surface area contributed by atoms with Crippen molar-refractivity contribution < 1.29 is 19.1 Å². The van der Waals surface area contributed by atoms with Crippen LogP contribution in [0.4, 0.5) is 5.69 Å². The maximum Gasteiger partial charge on any atom is 0.331 e. The SMILES string of the molecule is CCOC(=O)[C@H](Cc1ccc(NC(=O)c2c(Cl)cncc2Cl)cc1)N=C1C(Br)C(=O)C12CCCC2. The zero-order valence-electron chi connectivity index (χ0n) is 19.0. The number of hydrogen-bond acceptors (Lipinski definition) is 6. The van der Waals surface area contributed by atoms with E-state index in [-0.39, 0.29) is 28.0 Å². The first kappa shape index (κ1) is 25.8. The molecule has 1 amide bonds. The van der Waals surface area contributed by atoms with E-state index in [2.05, 4.69) is 26.2 Å². The maximum atomic E-state index is 12.7. The first-order valence-electron chi connectivity index (χ1n) is 11.4. The summed E-state index contributed by atoms with van der Waals surface area (Å²) in [6.07, 6.45) is 6.54. The standard InChI is InChI=1S/C25H24BrCl2N3O4/c1-2-35-24(34)18(31-21-20(26)22(32)25(21)9-3-4-10-25)11-14-5-7-15(8-6-14)30-23(33)19-16(27)12-29-13-17(19)28/h5-8,12-13,18,20H,2-4,9-11H2,1H3,(H,30,33)/t18-,20?/m0/s1. The van der Waals surface area contributed by atoms with E-state index in [1.165, 1.54) is 12.4 Å². The molecule has 2 fully saturated rings. The maximum absolute atomic E-state index is 12.7. The minimum absolute atomic E-state index is 0.144. The zero-order valence-corrected chi connectivity index (χ0v) is 22.1. The van der Waals surface area contributed by atoms with E-state index in [9.17, 15) is 14.4 Å². The first-order valence-corrected chi connectivity index (χ1v) is 13.1. The predicted octanol–water partition coefficient (Wildman–Crippen LogP) is 5.46. The van der Waals surface area contributed by atoms with Crippen molar-refractivity contribution in [3.63, 3.8) is 0 Å². The fourth-order valence-electron chi connectivity index (χ4n) is 4.69. The number of nitrogens with one attached hydrogen (secondary N) is 1. The average Bonchev–Trinajstić information content (AvgIpc) is 3.34. The molecule has 2 aliphatic carbocycles. The molecular weight excluding hydrogens is 557 g/mol. The zero-order chi connectivity index (χ0) is 25.2. The molecule has 1 N–H and O–H groups in total. The van der Waals surface area contributed by atoms with E-state index in [1.807, 2.05) is 0 Å². The molecule has 7 nitrogen and oxygen atoms in total. The van der Waals surface area contributed by atoms with E-state index >= 15 is 0 Å². The molecule has 2 aliphatic rings. The predicted molar refractivity (Wildman–Crippen MR) is 139 cm³/mol. The molecule has 0 bridgehead atoms. The molecule has 184 valence electrons. The number of hydrogen-bond donors (Lipinski definition) is 1. The Bertz CT molecular complexity index is 1160. The van der Waals surface area contributed by atoms with Gasteiger partial charge in [-0.3, -0.25) is 19.6 Å². The van der Waals surface area contributed by atoms with Gasteiger partial charge in [-0.25, -0.2) is 4.79 Å². The summed E-state index contributed by atoms with van der Waals surface area (Å²) in [4.78, 5) is 46.1. The minimum Gasteiger partial charge on any atom is -0.464 e. The number of carbonyl (C=O) groups excluding carboxylic acids is 3. The van der Waals surface area contributed by atoms with Crippen molar-refractivity contribution in [2.75, 3.05) is 11.9 Å². The highest BCUT2D eigenvalue weighted by Gasteiger charge is 2.59. The Balaban J connectivity index is 1.51. The number of benzene rings is 1. The molecule has 1 aromatic heterocycles. The molecule has 2 aromatic rings. The molecule has 1 spiro atoms. The van der Waals surface area contributed by atoms with Crippen molar-refractivity contribution in [2.45, 2.75) is 49.9 Å². The largest absolute Gasteiger partial charge is 0.464 e. The van der Waals surface area contributed by atoms with Crippen molar-refractivity contribution in [3.05, 3.63) is 57.8 Å². The lowest BCUT2D eigenvalue weighted by Crippen LogP contribution is -2.59. The van der Waals surface area contributed by atoms with Gasteiger partial charge in [0, 0.05) is 30.2 Å². The molecule has 2 saturated carbocycles. The highest BCUT2D eigenvalue weighted by molar-refractivity contribution is 9.10. The molecule has 2 atom stereocenters. The summed E-state index contributed by atoms with van der Waals surface area (Å²) >= 11 is 15.6. The monoisotopic (exact) mass is 579 g/mol. The molecule has 1 unspecified atom stereocenters. The third-order valence-electron chi connectivity index (χ3n) is 6.46. The number of amides is 1. The number of pyridine rings is 1. The van der Waals surface area contributed by atoms with Gasteiger partial charge in [0.1, 0.15) is 4.83 Å². The van der Waals surface area contributed by atoms with Gasteiger partial charge < -0.3 is 10.1 Å². The number of aliphatic imine (C=N–C) groups is 1. The fraction of sp³-hybridized carbons (Fsp3) is 0.400. The smallest absolute Gasteiger partial charge is 0.331 e. The van der Waals surface area contributed by atoms with Crippen LogP contribution in [0.15, 0.2) is 41.7 Å². The Labute approximate surface area is 221 Å². The van der Waals surface area contributed by atoms with E-state index in [0.717, 1.165) is 37.0 Å². The van der Waals surface area contributed by atoms with Crippen LogP contribution in [0.25, 0.3) is 0 Å². The van der Waals surface area contributed by atoms with Gasteiger partial charge in [0.2, 0.25) is 0 Å². The summed E-state index contributed by atoms with van der Waals surface area (Å²) in [5, 5.41) is 3.07. The van der Waals surface area contributed by atoms with E-state index in [4.69, 9.17) is 32.9 Å². The molecule has 0 aliphatic heterocycles. The van der Waals surface area contributed by atoms with Crippen LogP contribution in [0.2, 0.25) is 10.0 Å². The Morgan fingerprint density at radius 3 is 2.43 bits per heavy atom. The number of nitrogens with zero attached hydrogens (tertiary/aromatic N) is 2. The second-order valence-electron chi connectivity index (χ2n) is 8.63. The van der Waals surface area contributed by atoms with Crippen molar-refractivity contribution in [3.8, 4) is 0 Å². The molecule has 35 heavy (non-hydrogen) atoms. The molecule has 1 heterocycles. The number of halogens is 3. The summed E-state index contributed by atoms with van der Waals surface area (Å²) < 4.78 is 5.27. The van der Waals surface area contributed by atoms with E-state index in [0.29, 0.717) is 12.1 Å². The van der Waals surface area contributed by atoms with Gasteiger partial charge in [0.05, 0.1) is 27.6 Å². The van der Waals surface area contributed by atoms with Crippen molar-refractivity contribution in [1.29, 1.82) is 0 Å². The highest BCUT2D eigenvalue weighted by Crippen LogP contribution is 2.51.